The average Bonchev–Trinajstić information content (AvgIpc) is 2.50. The Morgan fingerprint density at radius 3 is 2.35 bits per heavy atom. The molecule has 0 aliphatic rings. The molecule has 0 saturated heterocycles. The maximum atomic E-state index is 12.6. The van der Waals surface area contributed by atoms with Crippen molar-refractivity contribution in [3.05, 3.63) is 28.8 Å². The Labute approximate surface area is 155 Å². The third kappa shape index (κ3) is 6.40. The number of hydrogen-bond acceptors (Lipinski definition) is 3. The molecule has 1 rings (SSSR count). The Morgan fingerprint density at radius 2 is 1.85 bits per heavy atom. The summed E-state index contributed by atoms with van der Waals surface area (Å²) in [7, 11) is 0. The van der Waals surface area contributed by atoms with E-state index in [1.54, 1.807) is 27.7 Å². The smallest absolute Gasteiger partial charge is 0.416 e. The third-order valence-electron chi connectivity index (χ3n) is 3.43. The van der Waals surface area contributed by atoms with E-state index >= 15 is 0 Å². The van der Waals surface area contributed by atoms with Gasteiger partial charge in [-0.25, -0.2) is 0 Å². The third-order valence-corrected chi connectivity index (χ3v) is 3.73. The summed E-state index contributed by atoms with van der Waals surface area (Å²) in [6, 6.07) is 2.77. The molecule has 0 heterocycles. The van der Waals surface area contributed by atoms with Gasteiger partial charge in [0.05, 0.1) is 17.1 Å². The molecule has 1 aromatic carbocycles. The summed E-state index contributed by atoms with van der Waals surface area (Å²) in [5.74, 6) is -0.833. The van der Waals surface area contributed by atoms with Crippen LogP contribution in [-0.2, 0) is 15.8 Å². The van der Waals surface area contributed by atoms with Crippen molar-refractivity contribution >= 4 is 23.4 Å². The largest absolute Gasteiger partial charge is 0.490 e. The fraction of sp³-hybridized carbons (Fsp3) is 0.529. The number of hydrogen-bond donors (Lipinski definition) is 2. The lowest BCUT2D eigenvalue weighted by molar-refractivity contribution is -0.137. The van der Waals surface area contributed by atoms with E-state index in [1.807, 2.05) is 0 Å². The minimum Gasteiger partial charge on any atom is -0.490 e. The minimum atomic E-state index is -4.48. The van der Waals surface area contributed by atoms with Crippen molar-refractivity contribution < 1.29 is 27.5 Å². The van der Waals surface area contributed by atoms with Gasteiger partial charge < -0.3 is 15.4 Å². The molecule has 26 heavy (non-hydrogen) atoms. The fourth-order valence-electron chi connectivity index (χ4n) is 1.85. The second kappa shape index (κ2) is 8.62. The van der Waals surface area contributed by atoms with Gasteiger partial charge in [0.15, 0.2) is 0 Å². The number of alkyl halides is 3. The van der Waals surface area contributed by atoms with Crippen LogP contribution in [0.1, 0.15) is 33.3 Å². The zero-order valence-electron chi connectivity index (χ0n) is 15.0. The van der Waals surface area contributed by atoms with Gasteiger partial charge in [-0.05, 0) is 32.0 Å². The maximum Gasteiger partial charge on any atom is 0.416 e. The van der Waals surface area contributed by atoms with Crippen molar-refractivity contribution in [2.45, 2.75) is 39.4 Å². The van der Waals surface area contributed by atoms with Crippen molar-refractivity contribution in [3.63, 3.8) is 0 Å². The van der Waals surface area contributed by atoms with Crippen LogP contribution in [0.4, 0.5) is 13.2 Å². The Bertz CT molecular complexity index is 661. The van der Waals surface area contributed by atoms with Crippen LogP contribution >= 0.6 is 11.6 Å². The van der Waals surface area contributed by atoms with Crippen LogP contribution in [0, 0.1) is 5.92 Å². The zero-order chi connectivity index (χ0) is 20.1. The number of benzene rings is 1. The molecule has 2 N–H and O–H groups in total. The second-order valence-corrected chi connectivity index (χ2v) is 6.92. The summed E-state index contributed by atoms with van der Waals surface area (Å²) in [5, 5.41) is 5.04. The van der Waals surface area contributed by atoms with Crippen molar-refractivity contribution in [1.82, 2.24) is 10.6 Å². The lowest BCUT2D eigenvalue weighted by Crippen LogP contribution is -2.56. The van der Waals surface area contributed by atoms with Crippen LogP contribution in [0.25, 0.3) is 0 Å². The van der Waals surface area contributed by atoms with E-state index in [0.717, 1.165) is 18.2 Å². The molecule has 9 heteroatoms. The molecular formula is C17H22ClF3N2O3. The number of nitrogens with one attached hydrogen (secondary N) is 2. The molecule has 2 amide bonds. The van der Waals surface area contributed by atoms with Crippen LogP contribution in [0.15, 0.2) is 18.2 Å². The van der Waals surface area contributed by atoms with E-state index in [1.165, 1.54) is 0 Å². The predicted molar refractivity (Wildman–Crippen MR) is 92.0 cm³/mol. The first kappa shape index (κ1) is 22.1. The maximum absolute atomic E-state index is 12.6. The standard InChI is InChI=1S/C17H22ClF3N2O3/c1-10(2)14(24)23-16(3,4)15(25)22-7-8-26-13-6-5-11(9-12(13)18)17(19,20)21/h5-6,9-10H,7-8H2,1-4H3,(H,22,25)(H,23,24). The minimum absolute atomic E-state index is 0.00499. The van der Waals surface area contributed by atoms with Crippen LogP contribution < -0.4 is 15.4 Å². The van der Waals surface area contributed by atoms with Crippen molar-refractivity contribution in [3.8, 4) is 5.75 Å². The highest BCUT2D eigenvalue weighted by Crippen LogP contribution is 2.34. The monoisotopic (exact) mass is 394 g/mol. The molecule has 0 radical (unpaired) electrons. The summed E-state index contributed by atoms with van der Waals surface area (Å²) in [6.45, 7) is 6.66. The van der Waals surface area contributed by atoms with Gasteiger partial charge in [-0.15, -0.1) is 0 Å². The highest BCUT2D eigenvalue weighted by atomic mass is 35.5. The van der Waals surface area contributed by atoms with Gasteiger partial charge in [-0.3, -0.25) is 9.59 Å². The van der Waals surface area contributed by atoms with Gasteiger partial charge in [0, 0.05) is 5.92 Å². The molecule has 0 bridgehead atoms. The van der Waals surface area contributed by atoms with E-state index in [4.69, 9.17) is 16.3 Å². The number of rotatable bonds is 7. The number of carbonyl (C=O) groups is 2. The molecule has 0 atom stereocenters. The van der Waals surface area contributed by atoms with Crippen LogP contribution in [0.3, 0.4) is 0 Å². The second-order valence-electron chi connectivity index (χ2n) is 6.52. The van der Waals surface area contributed by atoms with Gasteiger partial charge in [-0.1, -0.05) is 25.4 Å². The highest BCUT2D eigenvalue weighted by molar-refractivity contribution is 6.32. The van der Waals surface area contributed by atoms with Gasteiger partial charge in [0.1, 0.15) is 17.9 Å². The molecule has 0 saturated carbocycles. The quantitative estimate of drug-likeness (QED) is 0.696. The van der Waals surface area contributed by atoms with Crippen LogP contribution in [0.5, 0.6) is 5.75 Å². The van der Waals surface area contributed by atoms with Crippen molar-refractivity contribution in [2.75, 3.05) is 13.2 Å². The summed E-state index contributed by atoms with van der Waals surface area (Å²) in [5.41, 5.74) is -1.97. The number of ether oxygens (including phenoxy) is 1. The lowest BCUT2D eigenvalue weighted by Gasteiger charge is -2.26. The Kier molecular flexibility index (Phi) is 7.32. The van der Waals surface area contributed by atoms with E-state index < -0.39 is 23.2 Å². The molecule has 0 aliphatic heterocycles. The summed E-state index contributed by atoms with van der Waals surface area (Å²) in [6.07, 6.45) is -4.48. The number of amides is 2. The summed E-state index contributed by atoms with van der Waals surface area (Å²) < 4.78 is 43.0. The van der Waals surface area contributed by atoms with E-state index in [-0.39, 0.29) is 35.7 Å². The molecule has 0 aromatic heterocycles. The molecule has 5 nitrogen and oxygen atoms in total. The van der Waals surface area contributed by atoms with E-state index in [0.29, 0.717) is 0 Å². The first-order valence-corrected chi connectivity index (χ1v) is 8.32. The first-order valence-electron chi connectivity index (χ1n) is 7.94. The van der Waals surface area contributed by atoms with Gasteiger partial charge in [-0.2, -0.15) is 13.2 Å². The van der Waals surface area contributed by atoms with Crippen LogP contribution in [0.2, 0.25) is 5.02 Å². The first-order chi connectivity index (χ1) is 11.8. The Hall–Kier alpha value is -1.96. The van der Waals surface area contributed by atoms with Gasteiger partial charge in [0.25, 0.3) is 0 Å². The van der Waals surface area contributed by atoms with E-state index in [9.17, 15) is 22.8 Å². The highest BCUT2D eigenvalue weighted by Gasteiger charge is 2.31. The van der Waals surface area contributed by atoms with Gasteiger partial charge in [0.2, 0.25) is 11.8 Å². The van der Waals surface area contributed by atoms with Crippen molar-refractivity contribution in [1.29, 1.82) is 0 Å². The Morgan fingerprint density at radius 1 is 1.23 bits per heavy atom. The predicted octanol–water partition coefficient (Wildman–Crippen LogP) is 3.40. The molecule has 0 unspecified atom stereocenters. The van der Waals surface area contributed by atoms with Crippen LogP contribution in [-0.4, -0.2) is 30.5 Å². The zero-order valence-corrected chi connectivity index (χ0v) is 15.7. The summed E-state index contributed by atoms with van der Waals surface area (Å²) in [4.78, 5) is 23.8. The molecule has 146 valence electrons. The molecular weight excluding hydrogens is 373 g/mol. The van der Waals surface area contributed by atoms with E-state index in [2.05, 4.69) is 10.6 Å². The Balaban J connectivity index is 2.51. The molecule has 1 aromatic rings. The number of halogens is 4. The molecule has 0 aliphatic carbocycles. The lowest BCUT2D eigenvalue weighted by atomic mass is 10.0. The van der Waals surface area contributed by atoms with Gasteiger partial charge >= 0.3 is 6.18 Å². The average molecular weight is 395 g/mol. The fourth-order valence-corrected chi connectivity index (χ4v) is 2.08. The topological polar surface area (TPSA) is 67.4 Å². The van der Waals surface area contributed by atoms with Crippen molar-refractivity contribution in [2.24, 2.45) is 5.92 Å². The molecule has 0 spiro atoms. The summed E-state index contributed by atoms with van der Waals surface area (Å²) >= 11 is 5.78. The molecule has 0 fully saturated rings. The normalized spacial score (nSPS) is 12.0. The number of carbonyl (C=O) groups excluding carboxylic acids is 2. The SMILES string of the molecule is CC(C)C(=O)NC(C)(C)C(=O)NCCOc1ccc(C(F)(F)F)cc1Cl.